The maximum Gasteiger partial charge on any atom is 0.270 e. The minimum Gasteiger partial charge on any atom is -0.392 e. The number of aliphatic hydroxyl groups is 1. The lowest BCUT2D eigenvalue weighted by molar-refractivity contribution is 0.0945. The van der Waals surface area contributed by atoms with E-state index in [9.17, 15) is 9.90 Å². The zero-order valence-electron chi connectivity index (χ0n) is 9.84. The molecular formula is C14H14N2O2. The van der Waals surface area contributed by atoms with Crippen molar-refractivity contribution in [1.82, 2.24) is 10.3 Å². The molecule has 2 rings (SSSR count). The third-order valence-corrected chi connectivity index (χ3v) is 2.63. The first-order chi connectivity index (χ1) is 8.81. The molecule has 0 bridgehead atoms. The van der Waals surface area contributed by atoms with Crippen LogP contribution in [0.3, 0.4) is 0 Å². The summed E-state index contributed by atoms with van der Waals surface area (Å²) in [6.45, 7) is 0.349. The Labute approximate surface area is 105 Å². The third kappa shape index (κ3) is 2.93. The molecular weight excluding hydrogens is 228 g/mol. The second-order valence-electron chi connectivity index (χ2n) is 3.82. The van der Waals surface area contributed by atoms with Crippen molar-refractivity contribution in [3.05, 3.63) is 65.5 Å². The van der Waals surface area contributed by atoms with E-state index in [0.29, 0.717) is 12.2 Å². The van der Waals surface area contributed by atoms with Gasteiger partial charge in [0.1, 0.15) is 5.69 Å². The predicted molar refractivity (Wildman–Crippen MR) is 67.8 cm³/mol. The van der Waals surface area contributed by atoms with E-state index in [1.54, 1.807) is 24.4 Å². The number of hydrogen-bond donors (Lipinski definition) is 2. The summed E-state index contributed by atoms with van der Waals surface area (Å²) in [5, 5.41) is 12.0. The maximum absolute atomic E-state index is 11.8. The lowest BCUT2D eigenvalue weighted by Crippen LogP contribution is -2.24. The zero-order valence-corrected chi connectivity index (χ0v) is 9.84. The second-order valence-corrected chi connectivity index (χ2v) is 3.82. The normalized spacial score (nSPS) is 10.1. The van der Waals surface area contributed by atoms with E-state index < -0.39 is 0 Å². The highest BCUT2D eigenvalue weighted by Crippen LogP contribution is 2.08. The summed E-state index contributed by atoms with van der Waals surface area (Å²) in [5.41, 5.74) is 2.11. The van der Waals surface area contributed by atoms with Gasteiger partial charge in [0.15, 0.2) is 0 Å². The van der Waals surface area contributed by atoms with Gasteiger partial charge in [-0.25, -0.2) is 0 Å². The number of nitrogens with zero attached hydrogens (tertiary/aromatic N) is 1. The molecule has 0 aliphatic rings. The first-order valence-corrected chi connectivity index (χ1v) is 5.68. The van der Waals surface area contributed by atoms with E-state index >= 15 is 0 Å². The average molecular weight is 242 g/mol. The molecule has 0 aliphatic carbocycles. The average Bonchev–Trinajstić information content (AvgIpc) is 2.46. The number of amides is 1. The van der Waals surface area contributed by atoms with Gasteiger partial charge in [0.05, 0.1) is 6.61 Å². The fourth-order valence-corrected chi connectivity index (χ4v) is 1.65. The molecule has 0 unspecified atom stereocenters. The summed E-state index contributed by atoms with van der Waals surface area (Å²) in [6.07, 6.45) is 1.58. The van der Waals surface area contributed by atoms with Crippen molar-refractivity contribution in [2.24, 2.45) is 0 Å². The first-order valence-electron chi connectivity index (χ1n) is 5.68. The van der Waals surface area contributed by atoms with E-state index in [0.717, 1.165) is 11.1 Å². The van der Waals surface area contributed by atoms with Crippen LogP contribution in [0.2, 0.25) is 0 Å². The fraction of sp³-hybridized carbons (Fsp3) is 0.143. The highest BCUT2D eigenvalue weighted by atomic mass is 16.3. The molecule has 4 heteroatoms. The quantitative estimate of drug-likeness (QED) is 0.854. The molecule has 0 atom stereocenters. The van der Waals surface area contributed by atoms with Crippen LogP contribution in [-0.4, -0.2) is 16.0 Å². The molecule has 0 saturated carbocycles. The molecule has 0 spiro atoms. The zero-order chi connectivity index (χ0) is 12.8. The van der Waals surface area contributed by atoms with Gasteiger partial charge in [-0.2, -0.15) is 0 Å². The summed E-state index contributed by atoms with van der Waals surface area (Å²) >= 11 is 0. The second kappa shape index (κ2) is 5.93. The van der Waals surface area contributed by atoms with E-state index in [1.165, 1.54) is 0 Å². The van der Waals surface area contributed by atoms with Gasteiger partial charge in [0.2, 0.25) is 0 Å². The maximum atomic E-state index is 11.8. The number of pyridine rings is 1. The molecule has 2 aromatic rings. The summed E-state index contributed by atoms with van der Waals surface area (Å²) < 4.78 is 0. The van der Waals surface area contributed by atoms with Crippen molar-refractivity contribution in [3.8, 4) is 0 Å². The molecule has 1 aromatic carbocycles. The van der Waals surface area contributed by atoms with Crippen LogP contribution in [0, 0.1) is 0 Å². The number of aliphatic hydroxyl groups excluding tert-OH is 1. The van der Waals surface area contributed by atoms with Crippen LogP contribution in [0.15, 0.2) is 48.7 Å². The molecule has 4 nitrogen and oxygen atoms in total. The third-order valence-electron chi connectivity index (χ3n) is 2.63. The smallest absolute Gasteiger partial charge is 0.270 e. The topological polar surface area (TPSA) is 62.2 Å². The van der Waals surface area contributed by atoms with E-state index in [-0.39, 0.29) is 12.5 Å². The Kier molecular flexibility index (Phi) is 4.04. The molecule has 0 saturated heterocycles. The van der Waals surface area contributed by atoms with E-state index in [2.05, 4.69) is 10.3 Å². The van der Waals surface area contributed by atoms with Crippen LogP contribution in [0.25, 0.3) is 0 Å². The van der Waals surface area contributed by atoms with E-state index in [1.807, 2.05) is 24.3 Å². The van der Waals surface area contributed by atoms with Crippen LogP contribution >= 0.6 is 0 Å². The number of carbonyl (C=O) groups is 1. The van der Waals surface area contributed by atoms with Gasteiger partial charge in [-0.1, -0.05) is 30.3 Å². The Morgan fingerprint density at radius 2 is 1.83 bits per heavy atom. The Hall–Kier alpha value is -2.20. The SMILES string of the molecule is O=C(NCc1ccccc1CO)c1ccccn1. The van der Waals surface area contributed by atoms with Crippen LogP contribution < -0.4 is 5.32 Å². The molecule has 0 radical (unpaired) electrons. The predicted octanol–water partition coefficient (Wildman–Crippen LogP) is 1.50. The van der Waals surface area contributed by atoms with Crippen molar-refractivity contribution < 1.29 is 9.90 Å². The number of hydrogen-bond acceptors (Lipinski definition) is 3. The van der Waals surface area contributed by atoms with Gasteiger partial charge in [-0.15, -0.1) is 0 Å². The van der Waals surface area contributed by atoms with Crippen LogP contribution in [0.4, 0.5) is 0 Å². The Balaban J connectivity index is 2.02. The highest BCUT2D eigenvalue weighted by Gasteiger charge is 2.07. The monoisotopic (exact) mass is 242 g/mol. The standard InChI is InChI=1S/C14H14N2O2/c17-10-12-6-2-1-5-11(12)9-16-14(18)13-7-3-4-8-15-13/h1-8,17H,9-10H2,(H,16,18). The Morgan fingerprint density at radius 3 is 2.50 bits per heavy atom. The van der Waals surface area contributed by atoms with Crippen molar-refractivity contribution in [2.75, 3.05) is 0 Å². The number of nitrogens with one attached hydrogen (secondary N) is 1. The fourth-order valence-electron chi connectivity index (χ4n) is 1.65. The summed E-state index contributed by atoms with van der Waals surface area (Å²) in [7, 11) is 0. The molecule has 1 aromatic heterocycles. The molecule has 2 N–H and O–H groups in total. The van der Waals surface area contributed by atoms with Crippen LogP contribution in [-0.2, 0) is 13.2 Å². The van der Waals surface area contributed by atoms with Gasteiger partial charge in [0.25, 0.3) is 5.91 Å². The van der Waals surface area contributed by atoms with E-state index in [4.69, 9.17) is 0 Å². The molecule has 1 amide bonds. The Morgan fingerprint density at radius 1 is 1.11 bits per heavy atom. The highest BCUT2D eigenvalue weighted by molar-refractivity contribution is 5.92. The van der Waals surface area contributed by atoms with Crippen molar-refractivity contribution in [3.63, 3.8) is 0 Å². The number of benzene rings is 1. The summed E-state index contributed by atoms with van der Waals surface area (Å²) in [6, 6.07) is 12.6. The number of carbonyl (C=O) groups excluding carboxylic acids is 1. The van der Waals surface area contributed by atoms with Gasteiger partial charge in [-0.05, 0) is 23.3 Å². The molecule has 0 aliphatic heterocycles. The Bertz CT molecular complexity index is 526. The summed E-state index contributed by atoms with van der Waals surface area (Å²) in [5.74, 6) is -0.219. The van der Waals surface area contributed by atoms with Crippen molar-refractivity contribution in [2.45, 2.75) is 13.2 Å². The molecule has 0 fully saturated rings. The van der Waals surface area contributed by atoms with Gasteiger partial charge >= 0.3 is 0 Å². The number of rotatable bonds is 4. The lowest BCUT2D eigenvalue weighted by Gasteiger charge is -2.08. The van der Waals surface area contributed by atoms with Crippen molar-refractivity contribution in [1.29, 1.82) is 0 Å². The molecule has 92 valence electrons. The summed E-state index contributed by atoms with van der Waals surface area (Å²) in [4.78, 5) is 15.8. The molecule has 1 heterocycles. The van der Waals surface area contributed by atoms with Crippen LogP contribution in [0.1, 0.15) is 21.6 Å². The van der Waals surface area contributed by atoms with Crippen molar-refractivity contribution >= 4 is 5.91 Å². The number of aromatic nitrogens is 1. The van der Waals surface area contributed by atoms with Gasteiger partial charge < -0.3 is 10.4 Å². The minimum atomic E-state index is -0.219. The van der Waals surface area contributed by atoms with Gasteiger partial charge in [-0.3, -0.25) is 9.78 Å². The van der Waals surface area contributed by atoms with Gasteiger partial charge in [0, 0.05) is 12.7 Å². The van der Waals surface area contributed by atoms with Crippen LogP contribution in [0.5, 0.6) is 0 Å². The lowest BCUT2D eigenvalue weighted by atomic mass is 10.1. The largest absolute Gasteiger partial charge is 0.392 e. The first kappa shape index (κ1) is 12.3. The minimum absolute atomic E-state index is 0.0321. The molecule has 18 heavy (non-hydrogen) atoms.